The highest BCUT2D eigenvalue weighted by Gasteiger charge is 2.46. The first-order chi connectivity index (χ1) is 19.9. The largest absolute Gasteiger partial charge is 0.471 e. The zero-order chi connectivity index (χ0) is 30.4. The summed E-state index contributed by atoms with van der Waals surface area (Å²) >= 11 is 0. The van der Waals surface area contributed by atoms with Gasteiger partial charge >= 0.3 is 12.1 Å². The molecule has 2 aliphatic heterocycles. The summed E-state index contributed by atoms with van der Waals surface area (Å²) < 4.78 is 17.5. The fraction of sp³-hybridized carbons (Fsp3) is 0.438. The van der Waals surface area contributed by atoms with Gasteiger partial charge in [-0.15, -0.1) is 0 Å². The Balaban J connectivity index is 1.70. The minimum atomic E-state index is -1.30. The van der Waals surface area contributed by atoms with Crippen LogP contribution in [0.4, 0.5) is 4.79 Å². The Kier molecular flexibility index (Phi) is 9.55. The first-order valence-electron chi connectivity index (χ1n) is 14.2. The number of alkyl carbamates (subject to hydrolysis) is 1. The molecule has 0 bridgehead atoms. The number of hydrogen-bond acceptors (Lipinski definition) is 7. The van der Waals surface area contributed by atoms with Crippen LogP contribution in [-0.4, -0.2) is 65.2 Å². The molecule has 0 aromatic heterocycles. The van der Waals surface area contributed by atoms with Crippen LogP contribution in [0.3, 0.4) is 0 Å². The van der Waals surface area contributed by atoms with Gasteiger partial charge in [0, 0.05) is 19.5 Å². The summed E-state index contributed by atoms with van der Waals surface area (Å²) in [6.07, 6.45) is 0.169. The number of carbonyl (C=O) groups excluding carboxylic acids is 4. The molecular weight excluding hydrogens is 538 g/mol. The molecule has 3 amide bonds. The van der Waals surface area contributed by atoms with Crippen LogP contribution in [0.25, 0.3) is 0 Å². The second kappa shape index (κ2) is 13.1. The number of rotatable bonds is 7. The van der Waals surface area contributed by atoms with E-state index in [1.807, 2.05) is 67.6 Å². The zero-order valence-corrected chi connectivity index (χ0v) is 24.7. The van der Waals surface area contributed by atoms with Crippen LogP contribution >= 0.6 is 0 Å². The molecule has 1 fully saturated rings. The third kappa shape index (κ3) is 7.69. The Bertz CT molecular complexity index is 1270. The van der Waals surface area contributed by atoms with Crippen molar-refractivity contribution in [3.8, 4) is 0 Å². The van der Waals surface area contributed by atoms with Gasteiger partial charge in [-0.25, -0.2) is 9.59 Å². The first kappa shape index (κ1) is 30.6. The molecule has 2 N–H and O–H groups in total. The molecule has 2 aromatic carbocycles. The fourth-order valence-corrected chi connectivity index (χ4v) is 5.17. The lowest BCUT2D eigenvalue weighted by molar-refractivity contribution is -0.155. The minimum absolute atomic E-state index is 0.0433. The van der Waals surface area contributed by atoms with Gasteiger partial charge in [0.15, 0.2) is 12.2 Å². The molecule has 224 valence electrons. The third-order valence-electron chi connectivity index (χ3n) is 7.06. The average molecular weight is 578 g/mol. The van der Waals surface area contributed by atoms with Crippen LogP contribution < -0.4 is 10.6 Å². The number of benzene rings is 2. The van der Waals surface area contributed by atoms with Gasteiger partial charge in [0.1, 0.15) is 5.60 Å². The van der Waals surface area contributed by atoms with Gasteiger partial charge in [-0.05, 0) is 57.7 Å². The van der Waals surface area contributed by atoms with Crippen molar-refractivity contribution in [2.24, 2.45) is 0 Å². The first-order valence-corrected chi connectivity index (χ1v) is 14.2. The van der Waals surface area contributed by atoms with E-state index in [0.29, 0.717) is 6.54 Å². The summed E-state index contributed by atoms with van der Waals surface area (Å²) in [5.74, 6) is -1.90. The molecule has 0 radical (unpaired) electrons. The molecule has 42 heavy (non-hydrogen) atoms. The molecule has 2 aromatic rings. The smallest absolute Gasteiger partial charge is 0.408 e. The van der Waals surface area contributed by atoms with Crippen molar-refractivity contribution in [3.63, 3.8) is 0 Å². The number of esters is 1. The zero-order valence-electron chi connectivity index (χ0n) is 24.7. The molecule has 10 heteroatoms. The Morgan fingerprint density at radius 2 is 1.55 bits per heavy atom. The van der Waals surface area contributed by atoms with Crippen molar-refractivity contribution in [3.05, 3.63) is 83.6 Å². The van der Waals surface area contributed by atoms with Crippen LogP contribution in [-0.2, 0) is 28.6 Å². The molecule has 2 aliphatic rings. The van der Waals surface area contributed by atoms with Crippen molar-refractivity contribution in [2.45, 2.75) is 83.4 Å². The van der Waals surface area contributed by atoms with Gasteiger partial charge < -0.3 is 29.7 Å². The highest BCUT2D eigenvalue weighted by Crippen LogP contribution is 2.30. The molecule has 4 rings (SSSR count). The quantitative estimate of drug-likeness (QED) is 0.477. The second-order valence-electron chi connectivity index (χ2n) is 11.6. The van der Waals surface area contributed by atoms with E-state index in [1.54, 1.807) is 25.7 Å². The third-order valence-corrected chi connectivity index (χ3v) is 7.06. The number of carbonyl (C=O) groups is 4. The summed E-state index contributed by atoms with van der Waals surface area (Å²) in [5, 5.41) is 5.45. The lowest BCUT2D eigenvalue weighted by Crippen LogP contribution is -2.63. The Morgan fingerprint density at radius 1 is 0.952 bits per heavy atom. The van der Waals surface area contributed by atoms with E-state index >= 15 is 0 Å². The minimum Gasteiger partial charge on any atom is -0.471 e. The van der Waals surface area contributed by atoms with Crippen molar-refractivity contribution in [2.75, 3.05) is 6.54 Å². The van der Waals surface area contributed by atoms with Crippen molar-refractivity contribution >= 4 is 23.9 Å². The summed E-state index contributed by atoms with van der Waals surface area (Å²) in [6.45, 7) is 8.92. The summed E-state index contributed by atoms with van der Waals surface area (Å²) in [4.78, 5) is 54.3. The molecular formula is C32H39N3O7. The molecule has 4 atom stereocenters. The normalized spacial score (nSPS) is 22.0. The predicted molar refractivity (Wildman–Crippen MR) is 155 cm³/mol. The Hall–Kier alpha value is -4.34. The van der Waals surface area contributed by atoms with Crippen LogP contribution in [0, 0.1) is 0 Å². The van der Waals surface area contributed by atoms with E-state index in [2.05, 4.69) is 10.6 Å². The number of nitrogens with one attached hydrogen (secondary N) is 2. The molecule has 0 saturated carbocycles. The highest BCUT2D eigenvalue weighted by atomic mass is 16.6. The van der Waals surface area contributed by atoms with Crippen LogP contribution in [0.5, 0.6) is 0 Å². The summed E-state index contributed by atoms with van der Waals surface area (Å²) in [7, 11) is 0. The SMILES string of the molecule is CC(=O)N[C@@H]1[C@@H](NC(=O)OC(C)(C)C)C=C(C(=O)OC(c2ccccc2)c2ccccc2)O[C@H]1C(=O)N1CCCC1C. The maximum absolute atomic E-state index is 13.8. The topological polar surface area (TPSA) is 123 Å². The number of nitrogens with zero attached hydrogens (tertiary/aromatic N) is 1. The van der Waals surface area contributed by atoms with Gasteiger partial charge in [0.2, 0.25) is 11.7 Å². The van der Waals surface area contributed by atoms with Gasteiger partial charge in [0.25, 0.3) is 5.91 Å². The lowest BCUT2D eigenvalue weighted by Gasteiger charge is -2.39. The van der Waals surface area contributed by atoms with Crippen LogP contribution in [0.2, 0.25) is 0 Å². The van der Waals surface area contributed by atoms with Gasteiger partial charge in [-0.3, -0.25) is 9.59 Å². The monoisotopic (exact) mass is 577 g/mol. The lowest BCUT2D eigenvalue weighted by atomic mass is 9.96. The van der Waals surface area contributed by atoms with E-state index in [-0.39, 0.29) is 11.8 Å². The van der Waals surface area contributed by atoms with Crippen molar-refractivity contribution < 1.29 is 33.4 Å². The fourth-order valence-electron chi connectivity index (χ4n) is 5.17. The summed E-state index contributed by atoms with van der Waals surface area (Å²) in [5.41, 5.74) is 0.682. The number of amides is 3. The van der Waals surface area contributed by atoms with Gasteiger partial charge in [-0.2, -0.15) is 0 Å². The molecule has 10 nitrogen and oxygen atoms in total. The van der Waals surface area contributed by atoms with Crippen molar-refractivity contribution in [1.29, 1.82) is 0 Å². The number of ether oxygens (including phenoxy) is 3. The van der Waals surface area contributed by atoms with E-state index in [9.17, 15) is 19.2 Å². The maximum Gasteiger partial charge on any atom is 0.408 e. The molecule has 0 spiro atoms. The van der Waals surface area contributed by atoms with Gasteiger partial charge in [-0.1, -0.05) is 60.7 Å². The van der Waals surface area contributed by atoms with Gasteiger partial charge in [0.05, 0.1) is 12.1 Å². The number of likely N-dealkylation sites (tertiary alicyclic amines) is 1. The second-order valence-corrected chi connectivity index (χ2v) is 11.6. The van der Waals surface area contributed by atoms with Crippen LogP contribution in [0.15, 0.2) is 72.5 Å². The van der Waals surface area contributed by atoms with Crippen molar-refractivity contribution in [1.82, 2.24) is 15.5 Å². The molecule has 2 heterocycles. The summed E-state index contributed by atoms with van der Waals surface area (Å²) in [6, 6.07) is 16.5. The molecule has 1 saturated heterocycles. The predicted octanol–water partition coefficient (Wildman–Crippen LogP) is 4.01. The average Bonchev–Trinajstić information content (AvgIpc) is 3.37. The Morgan fingerprint density at radius 3 is 2.05 bits per heavy atom. The highest BCUT2D eigenvalue weighted by molar-refractivity contribution is 5.90. The van der Waals surface area contributed by atoms with E-state index < -0.39 is 53.8 Å². The van der Waals surface area contributed by atoms with E-state index in [4.69, 9.17) is 14.2 Å². The Labute approximate surface area is 246 Å². The molecule has 1 unspecified atom stereocenters. The van der Waals surface area contributed by atoms with E-state index in [0.717, 1.165) is 24.0 Å². The van der Waals surface area contributed by atoms with E-state index in [1.165, 1.54) is 13.0 Å². The standard InChI is InChI=1S/C32H39N3O7/c1-20-13-12-18-35(20)29(37)28-26(33-21(2)36)24(34-31(39)42-32(3,4)5)19-25(40-28)30(38)41-27(22-14-8-6-9-15-22)23-16-10-7-11-17-23/h6-11,14-17,19-20,24,26-28H,12-13,18H2,1-5H3,(H,33,36)(H,34,39)/t20?,24-,26+,28+/m0/s1. The number of hydrogen-bond donors (Lipinski definition) is 2. The maximum atomic E-state index is 13.8. The van der Waals surface area contributed by atoms with Crippen LogP contribution in [0.1, 0.15) is 64.7 Å². The molecule has 0 aliphatic carbocycles.